The Morgan fingerprint density at radius 1 is 1.14 bits per heavy atom. The molecule has 0 fully saturated rings. The third kappa shape index (κ3) is 2.67. The molecule has 0 N–H and O–H groups in total. The number of aryl methyl sites for hydroxylation is 2. The van der Waals surface area contributed by atoms with E-state index < -0.39 is 5.97 Å². The van der Waals surface area contributed by atoms with E-state index in [9.17, 15) is 4.79 Å². The largest absolute Gasteiger partial charge is 0.422 e. The van der Waals surface area contributed by atoms with Gasteiger partial charge in [-0.1, -0.05) is 47.5 Å². The van der Waals surface area contributed by atoms with Gasteiger partial charge in [0.25, 0.3) is 0 Å². The van der Waals surface area contributed by atoms with Crippen LogP contribution in [0.3, 0.4) is 0 Å². The molecule has 2 aromatic carbocycles. The van der Waals surface area contributed by atoms with Crippen LogP contribution in [0.1, 0.15) is 20.8 Å². The maximum absolute atomic E-state index is 12.3. The van der Waals surface area contributed by atoms with Crippen LogP contribution in [-0.4, -0.2) is 5.97 Å². The van der Waals surface area contributed by atoms with Crippen molar-refractivity contribution in [3.05, 3.63) is 63.5 Å². The van der Waals surface area contributed by atoms with Crippen LogP contribution in [0.15, 0.2) is 42.5 Å². The Kier molecular flexibility index (Phi) is 3.70. The maximum atomic E-state index is 12.3. The highest BCUT2D eigenvalue weighted by atomic mass is 35.5. The molecule has 106 valence electrons. The highest BCUT2D eigenvalue weighted by Gasteiger charge is 2.19. The van der Waals surface area contributed by atoms with Crippen LogP contribution < -0.4 is 4.74 Å². The quantitative estimate of drug-likeness (QED) is 0.468. The molecule has 0 spiro atoms. The molecule has 0 amide bonds. The third-order valence-corrected chi connectivity index (χ3v) is 4.91. The van der Waals surface area contributed by atoms with Crippen LogP contribution in [0.5, 0.6) is 5.75 Å². The summed E-state index contributed by atoms with van der Waals surface area (Å²) in [4.78, 5) is 12.8. The van der Waals surface area contributed by atoms with E-state index in [1.165, 1.54) is 11.3 Å². The van der Waals surface area contributed by atoms with Gasteiger partial charge in [0, 0.05) is 10.1 Å². The molecule has 0 bridgehead atoms. The number of rotatable bonds is 2. The van der Waals surface area contributed by atoms with Crippen molar-refractivity contribution in [3.63, 3.8) is 0 Å². The van der Waals surface area contributed by atoms with Crippen LogP contribution in [0.4, 0.5) is 0 Å². The van der Waals surface area contributed by atoms with Gasteiger partial charge in [-0.2, -0.15) is 0 Å². The Balaban J connectivity index is 1.95. The Hall–Kier alpha value is -1.84. The van der Waals surface area contributed by atoms with E-state index in [1.807, 2.05) is 56.3 Å². The second-order valence-electron chi connectivity index (χ2n) is 4.90. The fraction of sp³-hybridized carbons (Fsp3) is 0.118. The SMILES string of the molecule is Cc1ccc(OC(=O)c2sc3ccccc3c2Cl)c(C)c1. The Morgan fingerprint density at radius 3 is 2.62 bits per heavy atom. The predicted molar refractivity (Wildman–Crippen MR) is 87.7 cm³/mol. The molecular weight excluding hydrogens is 304 g/mol. The summed E-state index contributed by atoms with van der Waals surface area (Å²) in [5, 5.41) is 1.35. The van der Waals surface area contributed by atoms with Gasteiger partial charge in [0.15, 0.2) is 0 Å². The van der Waals surface area contributed by atoms with Gasteiger partial charge in [-0.25, -0.2) is 4.79 Å². The lowest BCUT2D eigenvalue weighted by Gasteiger charge is -2.07. The monoisotopic (exact) mass is 316 g/mol. The van der Waals surface area contributed by atoms with Crippen molar-refractivity contribution in [1.29, 1.82) is 0 Å². The minimum Gasteiger partial charge on any atom is -0.422 e. The fourth-order valence-corrected chi connectivity index (χ4v) is 3.59. The molecule has 0 unspecified atom stereocenters. The van der Waals surface area contributed by atoms with Gasteiger partial charge in [0.1, 0.15) is 10.6 Å². The molecule has 2 nitrogen and oxygen atoms in total. The van der Waals surface area contributed by atoms with Crippen molar-refractivity contribution in [1.82, 2.24) is 0 Å². The first-order valence-corrected chi connectivity index (χ1v) is 7.72. The summed E-state index contributed by atoms with van der Waals surface area (Å²) in [6, 6.07) is 13.4. The van der Waals surface area contributed by atoms with Crippen molar-refractivity contribution in [2.75, 3.05) is 0 Å². The van der Waals surface area contributed by atoms with E-state index in [2.05, 4.69) is 0 Å². The second-order valence-corrected chi connectivity index (χ2v) is 6.33. The number of esters is 1. The molecule has 3 rings (SSSR count). The summed E-state index contributed by atoms with van der Waals surface area (Å²) in [6.07, 6.45) is 0. The van der Waals surface area contributed by atoms with Crippen LogP contribution in [0, 0.1) is 13.8 Å². The molecule has 0 saturated carbocycles. The smallest absolute Gasteiger partial charge is 0.355 e. The fourth-order valence-electron chi connectivity index (χ4n) is 2.21. The Labute approximate surface area is 131 Å². The van der Waals surface area contributed by atoms with Gasteiger partial charge in [-0.05, 0) is 31.5 Å². The number of hydrogen-bond acceptors (Lipinski definition) is 3. The second kappa shape index (κ2) is 5.51. The van der Waals surface area contributed by atoms with Crippen molar-refractivity contribution >= 4 is 39.0 Å². The maximum Gasteiger partial charge on any atom is 0.355 e. The first-order valence-electron chi connectivity index (χ1n) is 6.52. The highest BCUT2D eigenvalue weighted by Crippen LogP contribution is 2.36. The van der Waals surface area contributed by atoms with Crippen LogP contribution in [-0.2, 0) is 0 Å². The summed E-state index contributed by atoms with van der Waals surface area (Å²) in [7, 11) is 0. The molecule has 0 aliphatic carbocycles. The molecule has 21 heavy (non-hydrogen) atoms. The number of fused-ring (bicyclic) bond motifs is 1. The van der Waals surface area contributed by atoms with Gasteiger partial charge in [0.2, 0.25) is 0 Å². The molecule has 1 aromatic heterocycles. The van der Waals surface area contributed by atoms with Crippen LogP contribution >= 0.6 is 22.9 Å². The van der Waals surface area contributed by atoms with E-state index in [0.29, 0.717) is 15.6 Å². The van der Waals surface area contributed by atoms with Crippen molar-refractivity contribution in [2.24, 2.45) is 0 Å². The minimum absolute atomic E-state index is 0.409. The number of carbonyl (C=O) groups excluding carboxylic acids is 1. The third-order valence-electron chi connectivity index (χ3n) is 3.25. The van der Waals surface area contributed by atoms with Gasteiger partial charge in [0.05, 0.1) is 5.02 Å². The number of ether oxygens (including phenoxy) is 1. The molecule has 0 aliphatic heterocycles. The zero-order valence-corrected chi connectivity index (χ0v) is 13.2. The van der Waals surface area contributed by atoms with E-state index in [1.54, 1.807) is 0 Å². The lowest BCUT2D eigenvalue weighted by Crippen LogP contribution is -2.08. The molecule has 3 aromatic rings. The van der Waals surface area contributed by atoms with Gasteiger partial charge >= 0.3 is 5.97 Å². The predicted octanol–water partition coefficient (Wildman–Crippen LogP) is 5.39. The lowest BCUT2D eigenvalue weighted by molar-refractivity contribution is 0.0739. The minimum atomic E-state index is -0.409. The summed E-state index contributed by atoms with van der Waals surface area (Å²) >= 11 is 7.65. The number of benzene rings is 2. The van der Waals surface area contributed by atoms with E-state index >= 15 is 0 Å². The molecular formula is C17H13ClO2S. The lowest BCUT2D eigenvalue weighted by atomic mass is 10.1. The molecule has 0 aliphatic rings. The van der Waals surface area contributed by atoms with Gasteiger partial charge in [-0.3, -0.25) is 0 Å². The molecule has 4 heteroatoms. The number of thiophene rings is 1. The van der Waals surface area contributed by atoms with Crippen LogP contribution in [0.25, 0.3) is 10.1 Å². The standard InChI is InChI=1S/C17H13ClO2S/c1-10-7-8-13(11(2)9-10)20-17(19)16-15(18)12-5-3-4-6-14(12)21-16/h3-9H,1-2H3. The van der Waals surface area contributed by atoms with Crippen molar-refractivity contribution in [2.45, 2.75) is 13.8 Å². The normalized spacial score (nSPS) is 10.8. The summed E-state index contributed by atoms with van der Waals surface area (Å²) in [5.41, 5.74) is 2.06. The topological polar surface area (TPSA) is 26.3 Å². The number of carbonyl (C=O) groups is 1. The molecule has 0 saturated heterocycles. The van der Waals surface area contributed by atoms with Crippen LogP contribution in [0.2, 0.25) is 5.02 Å². The van der Waals surface area contributed by atoms with Gasteiger partial charge < -0.3 is 4.74 Å². The highest BCUT2D eigenvalue weighted by molar-refractivity contribution is 7.21. The summed E-state index contributed by atoms with van der Waals surface area (Å²) in [5.74, 6) is 0.160. The average molecular weight is 317 g/mol. The number of hydrogen-bond donors (Lipinski definition) is 0. The van der Waals surface area contributed by atoms with Crippen molar-refractivity contribution < 1.29 is 9.53 Å². The zero-order chi connectivity index (χ0) is 15.0. The Morgan fingerprint density at radius 2 is 1.90 bits per heavy atom. The average Bonchev–Trinajstić information content (AvgIpc) is 2.80. The van der Waals surface area contributed by atoms with Gasteiger partial charge in [-0.15, -0.1) is 11.3 Å². The number of halogens is 1. The molecule has 0 atom stereocenters. The van der Waals surface area contributed by atoms with E-state index in [-0.39, 0.29) is 0 Å². The first-order chi connectivity index (χ1) is 10.1. The summed E-state index contributed by atoms with van der Waals surface area (Å²) in [6.45, 7) is 3.92. The summed E-state index contributed by atoms with van der Waals surface area (Å²) < 4.78 is 6.47. The first kappa shape index (κ1) is 14.1. The molecule has 0 radical (unpaired) electrons. The van der Waals surface area contributed by atoms with Crippen molar-refractivity contribution in [3.8, 4) is 5.75 Å². The van der Waals surface area contributed by atoms with E-state index in [0.717, 1.165) is 21.2 Å². The van der Waals surface area contributed by atoms with E-state index in [4.69, 9.17) is 16.3 Å². The Bertz CT molecular complexity index is 836. The zero-order valence-electron chi connectivity index (χ0n) is 11.6. The molecule has 1 heterocycles.